The van der Waals surface area contributed by atoms with Gasteiger partial charge in [0.1, 0.15) is 5.54 Å². The van der Waals surface area contributed by atoms with Crippen LogP contribution in [0.2, 0.25) is 0 Å². The molecular formula is C20H32N2O3. The van der Waals surface area contributed by atoms with Crippen molar-refractivity contribution < 1.29 is 14.7 Å². The van der Waals surface area contributed by atoms with E-state index in [0.717, 1.165) is 18.3 Å². The summed E-state index contributed by atoms with van der Waals surface area (Å²) in [7, 11) is 0. The lowest BCUT2D eigenvalue weighted by Crippen LogP contribution is -2.67. The summed E-state index contributed by atoms with van der Waals surface area (Å²) < 4.78 is 0. The SMILES string of the molecule is CC(C)(C)[C@@]1(C(=O)NC2C3CC4CC(C3)CC2C4)CCCN1C(=O)O. The molecular weight excluding hydrogens is 316 g/mol. The first-order valence-electron chi connectivity index (χ1n) is 10.0. The third-order valence-corrected chi connectivity index (χ3v) is 7.75. The molecule has 0 radical (unpaired) electrons. The van der Waals surface area contributed by atoms with Crippen molar-refractivity contribution >= 4 is 12.0 Å². The van der Waals surface area contributed by atoms with Crippen LogP contribution in [0, 0.1) is 29.1 Å². The van der Waals surface area contributed by atoms with E-state index in [4.69, 9.17) is 0 Å². The van der Waals surface area contributed by atoms with Crippen LogP contribution in [0.1, 0.15) is 65.7 Å². The molecule has 1 aliphatic heterocycles. The summed E-state index contributed by atoms with van der Waals surface area (Å²) >= 11 is 0. The lowest BCUT2D eigenvalue weighted by molar-refractivity contribution is -0.141. The van der Waals surface area contributed by atoms with Gasteiger partial charge in [-0.3, -0.25) is 9.69 Å². The highest BCUT2D eigenvalue weighted by atomic mass is 16.4. The van der Waals surface area contributed by atoms with E-state index in [9.17, 15) is 14.7 Å². The molecule has 1 saturated heterocycles. The van der Waals surface area contributed by atoms with E-state index in [1.165, 1.54) is 37.0 Å². The van der Waals surface area contributed by atoms with Crippen molar-refractivity contribution in [2.45, 2.75) is 77.3 Å². The fourth-order valence-electron chi connectivity index (χ4n) is 6.87. The van der Waals surface area contributed by atoms with Gasteiger partial charge in [-0.05, 0) is 74.0 Å². The molecule has 1 heterocycles. The van der Waals surface area contributed by atoms with Crippen LogP contribution in [0.25, 0.3) is 0 Å². The number of amides is 2. The fourth-order valence-corrected chi connectivity index (χ4v) is 6.87. The molecule has 5 nitrogen and oxygen atoms in total. The summed E-state index contributed by atoms with van der Waals surface area (Å²) in [5.74, 6) is 2.91. The Labute approximate surface area is 150 Å². The second-order valence-electron chi connectivity index (χ2n) is 10.1. The highest BCUT2D eigenvalue weighted by Gasteiger charge is 2.58. The molecule has 0 aromatic rings. The summed E-state index contributed by atoms with van der Waals surface area (Å²) in [6.45, 7) is 6.47. The Hall–Kier alpha value is -1.26. The predicted octanol–water partition coefficient (Wildman–Crippen LogP) is 3.49. The van der Waals surface area contributed by atoms with Gasteiger partial charge in [-0.15, -0.1) is 0 Å². The monoisotopic (exact) mass is 348 g/mol. The number of hydrogen-bond donors (Lipinski definition) is 2. The number of likely N-dealkylation sites (tertiary alicyclic amines) is 1. The molecule has 2 amide bonds. The maximum absolute atomic E-state index is 13.5. The van der Waals surface area contributed by atoms with Gasteiger partial charge in [0.2, 0.25) is 5.91 Å². The number of hydrogen-bond acceptors (Lipinski definition) is 2. The summed E-state index contributed by atoms with van der Waals surface area (Å²) in [6, 6.07) is 0.260. The predicted molar refractivity (Wildman–Crippen MR) is 95.1 cm³/mol. The van der Waals surface area contributed by atoms with Gasteiger partial charge < -0.3 is 10.4 Å². The van der Waals surface area contributed by atoms with Gasteiger partial charge in [-0.25, -0.2) is 4.79 Å². The summed E-state index contributed by atoms with van der Waals surface area (Å²) in [6.07, 6.45) is 6.83. The van der Waals surface area contributed by atoms with E-state index in [0.29, 0.717) is 24.8 Å². The molecule has 4 saturated carbocycles. The van der Waals surface area contributed by atoms with Crippen molar-refractivity contribution in [1.29, 1.82) is 0 Å². The van der Waals surface area contributed by atoms with Crippen LogP contribution in [-0.2, 0) is 4.79 Å². The van der Waals surface area contributed by atoms with Gasteiger partial charge >= 0.3 is 6.09 Å². The van der Waals surface area contributed by atoms with Gasteiger partial charge in [0.25, 0.3) is 0 Å². The topological polar surface area (TPSA) is 69.6 Å². The zero-order valence-corrected chi connectivity index (χ0v) is 15.8. The average molecular weight is 348 g/mol. The molecule has 25 heavy (non-hydrogen) atoms. The number of carbonyl (C=O) groups excluding carboxylic acids is 1. The van der Waals surface area contributed by atoms with Crippen molar-refractivity contribution in [3.05, 3.63) is 0 Å². The lowest BCUT2D eigenvalue weighted by atomic mass is 9.54. The lowest BCUT2D eigenvalue weighted by Gasteiger charge is -2.55. The van der Waals surface area contributed by atoms with E-state index < -0.39 is 17.0 Å². The van der Waals surface area contributed by atoms with E-state index >= 15 is 0 Å². The zero-order valence-electron chi connectivity index (χ0n) is 15.8. The maximum Gasteiger partial charge on any atom is 0.408 e. The minimum Gasteiger partial charge on any atom is -0.465 e. The molecule has 140 valence electrons. The van der Waals surface area contributed by atoms with Gasteiger partial charge in [0.15, 0.2) is 0 Å². The molecule has 5 rings (SSSR count). The Bertz CT molecular complexity index is 554. The highest BCUT2D eigenvalue weighted by Crippen LogP contribution is 2.54. The fraction of sp³-hybridized carbons (Fsp3) is 0.900. The smallest absolute Gasteiger partial charge is 0.408 e. The Morgan fingerprint density at radius 3 is 2.08 bits per heavy atom. The molecule has 0 aromatic carbocycles. The minimum atomic E-state index is -0.965. The largest absolute Gasteiger partial charge is 0.465 e. The third kappa shape index (κ3) is 2.48. The van der Waals surface area contributed by atoms with E-state index in [2.05, 4.69) is 5.32 Å². The summed E-state index contributed by atoms with van der Waals surface area (Å²) in [4.78, 5) is 26.8. The maximum atomic E-state index is 13.5. The van der Waals surface area contributed by atoms with Gasteiger partial charge in [-0.1, -0.05) is 20.8 Å². The number of carbonyl (C=O) groups is 2. The average Bonchev–Trinajstić information content (AvgIpc) is 2.96. The van der Waals surface area contributed by atoms with Crippen LogP contribution in [0.4, 0.5) is 4.79 Å². The Morgan fingerprint density at radius 2 is 1.60 bits per heavy atom. The van der Waals surface area contributed by atoms with Crippen molar-refractivity contribution in [1.82, 2.24) is 10.2 Å². The number of rotatable bonds is 2. The van der Waals surface area contributed by atoms with E-state index in [-0.39, 0.29) is 11.9 Å². The Balaban J connectivity index is 1.59. The van der Waals surface area contributed by atoms with Crippen molar-refractivity contribution in [3.63, 3.8) is 0 Å². The van der Waals surface area contributed by atoms with Crippen molar-refractivity contribution in [3.8, 4) is 0 Å². The molecule has 0 aromatic heterocycles. The summed E-state index contributed by atoms with van der Waals surface area (Å²) in [5, 5.41) is 13.1. The Morgan fingerprint density at radius 1 is 1.04 bits per heavy atom. The first kappa shape index (κ1) is 17.2. The van der Waals surface area contributed by atoms with Crippen LogP contribution in [0.3, 0.4) is 0 Å². The van der Waals surface area contributed by atoms with Crippen molar-refractivity contribution in [2.75, 3.05) is 6.54 Å². The zero-order chi connectivity index (χ0) is 18.0. The second-order valence-corrected chi connectivity index (χ2v) is 10.1. The molecule has 2 N–H and O–H groups in total. The van der Waals surface area contributed by atoms with E-state index in [1.54, 1.807) is 0 Å². The van der Waals surface area contributed by atoms with Gasteiger partial charge in [0, 0.05) is 12.6 Å². The van der Waals surface area contributed by atoms with Crippen molar-refractivity contribution in [2.24, 2.45) is 29.1 Å². The molecule has 0 spiro atoms. The van der Waals surface area contributed by atoms with Gasteiger partial charge in [0.05, 0.1) is 0 Å². The van der Waals surface area contributed by atoms with Crippen LogP contribution >= 0.6 is 0 Å². The normalized spacial score (nSPS) is 42.7. The first-order chi connectivity index (χ1) is 11.7. The number of nitrogens with one attached hydrogen (secondary N) is 1. The molecule has 5 heteroatoms. The Kier molecular flexibility index (Phi) is 3.86. The van der Waals surface area contributed by atoms with Gasteiger partial charge in [-0.2, -0.15) is 0 Å². The highest BCUT2D eigenvalue weighted by molar-refractivity contribution is 5.91. The minimum absolute atomic E-state index is 0.0441. The number of nitrogens with zero attached hydrogens (tertiary/aromatic N) is 1. The van der Waals surface area contributed by atoms with E-state index in [1.807, 2.05) is 20.8 Å². The molecule has 4 bridgehead atoms. The van der Waals surface area contributed by atoms with Crippen LogP contribution in [0.15, 0.2) is 0 Å². The molecule has 1 atom stereocenters. The second kappa shape index (κ2) is 5.62. The molecule has 0 unspecified atom stereocenters. The summed E-state index contributed by atoms with van der Waals surface area (Å²) in [5.41, 5.74) is -1.36. The molecule has 4 aliphatic carbocycles. The quantitative estimate of drug-likeness (QED) is 0.802. The number of carboxylic acid groups (broad SMARTS) is 1. The first-order valence-corrected chi connectivity index (χ1v) is 10.0. The van der Waals surface area contributed by atoms with Crippen LogP contribution in [0.5, 0.6) is 0 Å². The van der Waals surface area contributed by atoms with Crippen LogP contribution < -0.4 is 5.32 Å². The standard InChI is InChI=1S/C20H32N2O3/c1-19(2,3)20(5-4-6-22(20)18(24)25)17(23)21-16-14-8-12-7-13(10-14)11-15(16)9-12/h12-16H,4-11H2,1-3H3,(H,21,23)(H,24,25)/t12?,13?,14?,15?,16?,20-/m0/s1. The molecule has 5 aliphatic rings. The van der Waals surface area contributed by atoms with Crippen LogP contribution in [-0.4, -0.2) is 40.1 Å². The molecule has 5 fully saturated rings. The third-order valence-electron chi connectivity index (χ3n) is 7.75.